The minimum absolute atomic E-state index is 0.0589. The second-order valence-corrected chi connectivity index (χ2v) is 3.68. The maximum atomic E-state index is 10.9. The van der Waals surface area contributed by atoms with Gasteiger partial charge in [-0.3, -0.25) is 9.69 Å². The number of rotatable bonds is 3. The highest BCUT2D eigenvalue weighted by atomic mass is 16.1. The lowest BCUT2D eigenvalue weighted by atomic mass is 10.0. The van der Waals surface area contributed by atoms with Crippen molar-refractivity contribution in [3.05, 3.63) is 12.7 Å². The van der Waals surface area contributed by atoms with Crippen LogP contribution >= 0.6 is 0 Å². The molecule has 0 atom stereocenters. The first-order chi connectivity index (χ1) is 7.29. The smallest absolute Gasteiger partial charge is 0.243 e. The molecule has 0 unspecified atom stereocenters. The van der Waals surface area contributed by atoms with Crippen molar-refractivity contribution >= 4 is 5.91 Å². The summed E-state index contributed by atoms with van der Waals surface area (Å²) in [6, 6.07) is 1.04. The zero-order valence-corrected chi connectivity index (χ0v) is 9.62. The largest absolute Gasteiger partial charge is 0.347 e. The first-order valence-corrected chi connectivity index (χ1v) is 5.67. The van der Waals surface area contributed by atoms with Gasteiger partial charge in [-0.2, -0.15) is 0 Å². The van der Waals surface area contributed by atoms with Gasteiger partial charge in [-0.05, 0) is 6.08 Å². The Bertz CT molecular complexity index is 220. The Morgan fingerprint density at radius 2 is 2.07 bits per heavy atom. The molecule has 15 heavy (non-hydrogen) atoms. The van der Waals surface area contributed by atoms with Crippen LogP contribution < -0.4 is 10.6 Å². The summed E-state index contributed by atoms with van der Waals surface area (Å²) in [5.74, 6) is -0.0589. The molecule has 4 nitrogen and oxygen atoms in total. The molecule has 0 aromatic heterocycles. The Labute approximate surface area is 91.7 Å². The Balaban J connectivity index is 0.000000531. The zero-order valence-electron chi connectivity index (χ0n) is 9.62. The van der Waals surface area contributed by atoms with E-state index in [4.69, 9.17) is 0 Å². The van der Waals surface area contributed by atoms with E-state index in [0.29, 0.717) is 12.1 Å². The van der Waals surface area contributed by atoms with Crippen molar-refractivity contribution in [3.63, 3.8) is 0 Å². The molecule has 0 spiro atoms. The lowest BCUT2D eigenvalue weighted by Crippen LogP contribution is -2.68. The summed E-state index contributed by atoms with van der Waals surface area (Å²) in [6.07, 6.45) is 1.33. The third-order valence-corrected chi connectivity index (χ3v) is 2.72. The Morgan fingerprint density at radius 1 is 1.47 bits per heavy atom. The third-order valence-electron chi connectivity index (χ3n) is 2.72. The summed E-state index contributed by atoms with van der Waals surface area (Å²) < 4.78 is 0. The Kier molecular flexibility index (Phi) is 4.78. The van der Waals surface area contributed by atoms with E-state index in [1.54, 1.807) is 0 Å². The van der Waals surface area contributed by atoms with Crippen molar-refractivity contribution in [2.45, 2.75) is 25.9 Å². The lowest BCUT2D eigenvalue weighted by Gasteiger charge is -2.48. The molecule has 2 aliphatic heterocycles. The molecule has 0 aliphatic carbocycles. The van der Waals surface area contributed by atoms with Crippen LogP contribution in [0, 0.1) is 0 Å². The molecule has 2 aliphatic rings. The van der Waals surface area contributed by atoms with Gasteiger partial charge in [0.1, 0.15) is 0 Å². The zero-order chi connectivity index (χ0) is 11.3. The first-order valence-electron chi connectivity index (χ1n) is 5.67. The van der Waals surface area contributed by atoms with Crippen molar-refractivity contribution in [2.75, 3.05) is 26.2 Å². The van der Waals surface area contributed by atoms with Crippen molar-refractivity contribution in [2.24, 2.45) is 0 Å². The molecular formula is C11H21N3O. The summed E-state index contributed by atoms with van der Waals surface area (Å²) in [4.78, 5) is 13.3. The number of nitrogens with zero attached hydrogens (tertiary/aromatic N) is 1. The van der Waals surface area contributed by atoms with Crippen molar-refractivity contribution in [3.8, 4) is 0 Å². The maximum Gasteiger partial charge on any atom is 0.243 e. The van der Waals surface area contributed by atoms with Gasteiger partial charge >= 0.3 is 0 Å². The molecule has 2 fully saturated rings. The van der Waals surface area contributed by atoms with E-state index in [0.717, 1.165) is 26.2 Å². The highest BCUT2D eigenvalue weighted by molar-refractivity contribution is 5.87. The molecule has 0 aromatic carbocycles. The highest BCUT2D eigenvalue weighted by Crippen LogP contribution is 2.14. The standard InChI is InChI=1S/C9H15N3O.C2H6/c1-2-9(13)11-7-5-12(6-7)8-3-10-4-8;1-2/h2,7-8,10H,1,3-6H2,(H,11,13);1-2H3. The van der Waals surface area contributed by atoms with Gasteiger partial charge in [0.15, 0.2) is 0 Å². The average molecular weight is 211 g/mol. The predicted molar refractivity (Wildman–Crippen MR) is 61.7 cm³/mol. The molecule has 86 valence electrons. The van der Waals surface area contributed by atoms with Gasteiger partial charge in [0.25, 0.3) is 0 Å². The van der Waals surface area contributed by atoms with Gasteiger partial charge in [-0.15, -0.1) is 0 Å². The summed E-state index contributed by atoms with van der Waals surface area (Å²) in [7, 11) is 0. The number of carbonyl (C=O) groups is 1. The van der Waals surface area contributed by atoms with E-state index >= 15 is 0 Å². The van der Waals surface area contributed by atoms with E-state index in [2.05, 4.69) is 22.1 Å². The van der Waals surface area contributed by atoms with E-state index in [-0.39, 0.29) is 5.91 Å². The molecule has 0 radical (unpaired) electrons. The molecule has 4 heteroatoms. The Hall–Kier alpha value is -0.870. The van der Waals surface area contributed by atoms with Crippen LogP contribution in [0.5, 0.6) is 0 Å². The van der Waals surface area contributed by atoms with E-state index in [1.165, 1.54) is 6.08 Å². The molecule has 2 rings (SSSR count). The van der Waals surface area contributed by atoms with Crippen LogP contribution in [0.25, 0.3) is 0 Å². The summed E-state index contributed by atoms with van der Waals surface area (Å²) in [6.45, 7) is 11.6. The van der Waals surface area contributed by atoms with Crippen molar-refractivity contribution in [1.29, 1.82) is 0 Å². The maximum absolute atomic E-state index is 10.9. The normalized spacial score (nSPS) is 21.7. The van der Waals surface area contributed by atoms with Gasteiger partial charge in [0, 0.05) is 32.2 Å². The van der Waals surface area contributed by atoms with Crippen LogP contribution in [0.2, 0.25) is 0 Å². The minimum Gasteiger partial charge on any atom is -0.347 e. The van der Waals surface area contributed by atoms with Gasteiger partial charge in [-0.25, -0.2) is 0 Å². The molecule has 0 bridgehead atoms. The SMILES string of the molecule is C=CC(=O)NC1CN(C2CNC2)C1.CC. The van der Waals surface area contributed by atoms with Crippen LogP contribution in [0.3, 0.4) is 0 Å². The molecule has 2 saturated heterocycles. The Morgan fingerprint density at radius 3 is 2.47 bits per heavy atom. The molecule has 1 amide bonds. The molecule has 2 heterocycles. The van der Waals surface area contributed by atoms with Crippen LogP contribution in [-0.2, 0) is 4.79 Å². The second kappa shape index (κ2) is 5.88. The van der Waals surface area contributed by atoms with Gasteiger partial charge in [-0.1, -0.05) is 20.4 Å². The number of amides is 1. The first kappa shape index (κ1) is 12.2. The van der Waals surface area contributed by atoms with Gasteiger partial charge < -0.3 is 10.6 Å². The number of carbonyl (C=O) groups excluding carboxylic acids is 1. The van der Waals surface area contributed by atoms with E-state index in [9.17, 15) is 4.79 Å². The van der Waals surface area contributed by atoms with E-state index < -0.39 is 0 Å². The molecular weight excluding hydrogens is 190 g/mol. The quantitative estimate of drug-likeness (QED) is 0.644. The topological polar surface area (TPSA) is 44.4 Å². The van der Waals surface area contributed by atoms with Gasteiger partial charge in [0.2, 0.25) is 5.91 Å². The molecule has 0 aromatic rings. The average Bonchev–Trinajstić information content (AvgIpc) is 2.14. The number of likely N-dealkylation sites (tertiary alicyclic amines) is 1. The van der Waals surface area contributed by atoms with Crippen LogP contribution in [0.4, 0.5) is 0 Å². The fraction of sp³-hybridized carbons (Fsp3) is 0.727. The predicted octanol–water partition coefficient (Wildman–Crippen LogP) is -0.0292. The summed E-state index contributed by atoms with van der Waals surface area (Å²) in [5.41, 5.74) is 0. The fourth-order valence-corrected chi connectivity index (χ4v) is 1.69. The third kappa shape index (κ3) is 3.04. The monoisotopic (exact) mass is 211 g/mol. The van der Waals surface area contributed by atoms with Crippen LogP contribution in [0.15, 0.2) is 12.7 Å². The van der Waals surface area contributed by atoms with Crippen molar-refractivity contribution in [1.82, 2.24) is 15.5 Å². The molecule has 0 saturated carbocycles. The number of hydrogen-bond donors (Lipinski definition) is 2. The van der Waals surface area contributed by atoms with E-state index in [1.807, 2.05) is 13.8 Å². The minimum atomic E-state index is -0.0589. The lowest BCUT2D eigenvalue weighted by molar-refractivity contribution is -0.118. The van der Waals surface area contributed by atoms with Crippen LogP contribution in [0.1, 0.15) is 13.8 Å². The summed E-state index contributed by atoms with van der Waals surface area (Å²) in [5, 5.41) is 6.11. The highest BCUT2D eigenvalue weighted by Gasteiger charge is 2.35. The molecule has 2 N–H and O–H groups in total. The van der Waals surface area contributed by atoms with Gasteiger partial charge in [0.05, 0.1) is 6.04 Å². The number of nitrogens with one attached hydrogen (secondary N) is 2. The summed E-state index contributed by atoms with van der Waals surface area (Å²) >= 11 is 0. The van der Waals surface area contributed by atoms with Crippen molar-refractivity contribution < 1.29 is 4.79 Å². The number of hydrogen-bond acceptors (Lipinski definition) is 3. The van der Waals surface area contributed by atoms with Crippen LogP contribution in [-0.4, -0.2) is 49.1 Å². The fourth-order valence-electron chi connectivity index (χ4n) is 1.69. The second-order valence-electron chi connectivity index (χ2n) is 3.68.